The van der Waals surface area contributed by atoms with Gasteiger partial charge in [-0.05, 0) is 12.0 Å². The zero-order chi connectivity index (χ0) is 18.5. The molecule has 1 fully saturated rings. The predicted octanol–water partition coefficient (Wildman–Crippen LogP) is 2.63. The molecule has 0 aliphatic carbocycles. The first-order chi connectivity index (χ1) is 12.6. The number of nitrogens with zero attached hydrogens (tertiary/aromatic N) is 2. The third-order valence-corrected chi connectivity index (χ3v) is 5.59. The molecule has 0 aromatic heterocycles. The minimum atomic E-state index is -0.161. The van der Waals surface area contributed by atoms with Gasteiger partial charge in [-0.15, -0.1) is 11.8 Å². The molecule has 0 N–H and O–H groups in total. The second kappa shape index (κ2) is 8.84. The standard InChI is InChI=1S/C20H26N2O3S/c1-15(2)26-18-17(16-7-4-3-5-8-16)19(23)22(20(18)24)10-6-9-21-11-13-25-14-12-21/h3-5,7-8,15H,6,9-14H2,1-2H3. The minimum absolute atomic E-state index is 0.144. The molecule has 0 unspecified atom stereocenters. The van der Waals surface area contributed by atoms with Gasteiger partial charge >= 0.3 is 0 Å². The largest absolute Gasteiger partial charge is 0.379 e. The number of hydrogen-bond donors (Lipinski definition) is 0. The topological polar surface area (TPSA) is 49.9 Å². The number of hydrogen-bond acceptors (Lipinski definition) is 5. The molecule has 26 heavy (non-hydrogen) atoms. The Hall–Kier alpha value is -1.63. The highest BCUT2D eigenvalue weighted by atomic mass is 32.2. The molecule has 0 atom stereocenters. The predicted molar refractivity (Wildman–Crippen MR) is 105 cm³/mol. The van der Waals surface area contributed by atoms with Crippen LogP contribution >= 0.6 is 11.8 Å². The number of carbonyl (C=O) groups is 2. The molecule has 0 saturated carbocycles. The Bertz CT molecular complexity index is 682. The van der Waals surface area contributed by atoms with Crippen molar-refractivity contribution in [3.63, 3.8) is 0 Å². The van der Waals surface area contributed by atoms with Crippen LogP contribution in [0.25, 0.3) is 5.57 Å². The molecule has 2 aliphatic heterocycles. The number of rotatable bonds is 7. The van der Waals surface area contributed by atoms with Gasteiger partial charge in [0.2, 0.25) is 0 Å². The summed E-state index contributed by atoms with van der Waals surface area (Å²) in [6, 6.07) is 9.52. The molecule has 1 saturated heterocycles. The van der Waals surface area contributed by atoms with Crippen LogP contribution in [0.3, 0.4) is 0 Å². The van der Waals surface area contributed by atoms with Crippen molar-refractivity contribution in [2.45, 2.75) is 25.5 Å². The number of imide groups is 1. The van der Waals surface area contributed by atoms with Gasteiger partial charge in [0.05, 0.1) is 23.7 Å². The Labute approximate surface area is 159 Å². The Balaban J connectivity index is 1.71. The van der Waals surface area contributed by atoms with Gasteiger partial charge in [0.1, 0.15) is 0 Å². The fourth-order valence-electron chi connectivity index (χ4n) is 3.24. The SMILES string of the molecule is CC(C)SC1=C(c2ccccc2)C(=O)N(CCCN2CCOCC2)C1=O. The molecular weight excluding hydrogens is 348 g/mol. The second-order valence-corrected chi connectivity index (χ2v) is 8.39. The van der Waals surface area contributed by atoms with Gasteiger partial charge < -0.3 is 4.74 Å². The molecule has 2 heterocycles. The second-order valence-electron chi connectivity index (χ2n) is 6.81. The highest BCUT2D eigenvalue weighted by Gasteiger charge is 2.39. The van der Waals surface area contributed by atoms with Crippen LogP contribution in [0, 0.1) is 0 Å². The summed E-state index contributed by atoms with van der Waals surface area (Å²) in [6.45, 7) is 8.79. The van der Waals surface area contributed by atoms with Crippen molar-refractivity contribution < 1.29 is 14.3 Å². The maximum Gasteiger partial charge on any atom is 0.267 e. The average molecular weight is 375 g/mol. The summed E-state index contributed by atoms with van der Waals surface area (Å²) in [5.74, 6) is -0.305. The first kappa shape index (κ1) is 19.1. The van der Waals surface area contributed by atoms with Crippen LogP contribution in [0.15, 0.2) is 35.2 Å². The van der Waals surface area contributed by atoms with Crippen LogP contribution in [0.4, 0.5) is 0 Å². The van der Waals surface area contributed by atoms with E-state index >= 15 is 0 Å². The summed E-state index contributed by atoms with van der Waals surface area (Å²) in [6.07, 6.45) is 0.791. The van der Waals surface area contributed by atoms with E-state index in [9.17, 15) is 9.59 Å². The number of amides is 2. The van der Waals surface area contributed by atoms with Crippen molar-refractivity contribution in [1.29, 1.82) is 0 Å². The summed E-state index contributed by atoms with van der Waals surface area (Å²) in [5.41, 5.74) is 1.38. The fourth-order valence-corrected chi connectivity index (χ4v) is 4.24. The van der Waals surface area contributed by atoms with Crippen molar-refractivity contribution in [1.82, 2.24) is 9.80 Å². The Kier molecular flexibility index (Phi) is 6.51. The number of benzene rings is 1. The van der Waals surface area contributed by atoms with Crippen LogP contribution in [0.1, 0.15) is 25.8 Å². The van der Waals surface area contributed by atoms with E-state index in [-0.39, 0.29) is 17.1 Å². The van der Waals surface area contributed by atoms with Crippen molar-refractivity contribution >= 4 is 29.1 Å². The Morgan fingerprint density at radius 1 is 1.04 bits per heavy atom. The molecule has 1 aromatic carbocycles. The quantitative estimate of drug-likeness (QED) is 0.687. The maximum atomic E-state index is 13.0. The van der Waals surface area contributed by atoms with Crippen LogP contribution in [-0.2, 0) is 14.3 Å². The van der Waals surface area contributed by atoms with Crippen molar-refractivity contribution in [2.24, 2.45) is 0 Å². The highest BCUT2D eigenvalue weighted by Crippen LogP contribution is 2.37. The highest BCUT2D eigenvalue weighted by molar-refractivity contribution is 8.04. The summed E-state index contributed by atoms with van der Waals surface area (Å²) in [7, 11) is 0. The first-order valence-corrected chi connectivity index (χ1v) is 10.1. The van der Waals surface area contributed by atoms with Crippen LogP contribution in [0.2, 0.25) is 0 Å². The molecule has 5 nitrogen and oxygen atoms in total. The van der Waals surface area contributed by atoms with Gasteiger partial charge in [-0.3, -0.25) is 19.4 Å². The third-order valence-electron chi connectivity index (χ3n) is 4.50. The molecule has 0 bridgehead atoms. The van der Waals surface area contributed by atoms with E-state index in [1.165, 1.54) is 16.7 Å². The minimum Gasteiger partial charge on any atom is -0.379 e. The maximum absolute atomic E-state index is 13.0. The van der Waals surface area contributed by atoms with E-state index in [1.807, 2.05) is 44.2 Å². The molecule has 0 radical (unpaired) electrons. The molecule has 2 aliphatic rings. The van der Waals surface area contributed by atoms with Crippen molar-refractivity contribution in [3.8, 4) is 0 Å². The smallest absolute Gasteiger partial charge is 0.267 e. The van der Waals surface area contributed by atoms with E-state index in [0.29, 0.717) is 17.0 Å². The summed E-state index contributed by atoms with van der Waals surface area (Å²) in [5, 5.41) is 0.244. The number of carbonyl (C=O) groups excluding carboxylic acids is 2. The number of ether oxygens (including phenoxy) is 1. The molecular formula is C20H26N2O3S. The normalized spacial score (nSPS) is 19.1. The van der Waals surface area contributed by atoms with E-state index in [1.54, 1.807) is 0 Å². The lowest BCUT2D eigenvalue weighted by molar-refractivity contribution is -0.136. The van der Waals surface area contributed by atoms with Gasteiger partial charge in [-0.2, -0.15) is 0 Å². The van der Waals surface area contributed by atoms with Crippen molar-refractivity contribution in [3.05, 3.63) is 40.8 Å². The van der Waals surface area contributed by atoms with Gasteiger partial charge in [0, 0.05) is 31.4 Å². The number of morpholine rings is 1. The fraction of sp³-hybridized carbons (Fsp3) is 0.500. The molecule has 2 amide bonds. The Morgan fingerprint density at radius 2 is 1.73 bits per heavy atom. The summed E-state index contributed by atoms with van der Waals surface area (Å²) < 4.78 is 5.36. The number of thioether (sulfide) groups is 1. The monoisotopic (exact) mass is 374 g/mol. The average Bonchev–Trinajstić information content (AvgIpc) is 2.87. The Morgan fingerprint density at radius 3 is 2.38 bits per heavy atom. The van der Waals surface area contributed by atoms with Gasteiger partial charge in [0.15, 0.2) is 0 Å². The molecule has 0 spiro atoms. The van der Waals surface area contributed by atoms with Crippen LogP contribution < -0.4 is 0 Å². The lowest BCUT2D eigenvalue weighted by Gasteiger charge is -2.27. The first-order valence-electron chi connectivity index (χ1n) is 9.20. The lowest BCUT2D eigenvalue weighted by atomic mass is 10.1. The molecule has 6 heteroatoms. The van der Waals surface area contributed by atoms with Crippen molar-refractivity contribution in [2.75, 3.05) is 39.4 Å². The van der Waals surface area contributed by atoms with Gasteiger partial charge in [-0.25, -0.2) is 0 Å². The van der Waals surface area contributed by atoms with Gasteiger partial charge in [0.25, 0.3) is 11.8 Å². The lowest BCUT2D eigenvalue weighted by Crippen LogP contribution is -2.39. The van der Waals surface area contributed by atoms with E-state index in [0.717, 1.165) is 44.8 Å². The van der Waals surface area contributed by atoms with Crippen LogP contribution in [0.5, 0.6) is 0 Å². The zero-order valence-electron chi connectivity index (χ0n) is 15.4. The molecule has 3 rings (SSSR count). The molecule has 1 aromatic rings. The van der Waals surface area contributed by atoms with Crippen LogP contribution in [-0.4, -0.2) is 66.3 Å². The molecule has 140 valence electrons. The van der Waals surface area contributed by atoms with E-state index < -0.39 is 0 Å². The summed E-state index contributed by atoms with van der Waals surface area (Å²) in [4.78, 5) is 30.2. The van der Waals surface area contributed by atoms with E-state index in [4.69, 9.17) is 4.74 Å². The van der Waals surface area contributed by atoms with Gasteiger partial charge in [-0.1, -0.05) is 44.2 Å². The van der Waals surface area contributed by atoms with E-state index in [2.05, 4.69) is 4.90 Å². The summed E-state index contributed by atoms with van der Waals surface area (Å²) >= 11 is 1.48. The zero-order valence-corrected chi connectivity index (χ0v) is 16.3. The third kappa shape index (κ3) is 4.37.